The van der Waals surface area contributed by atoms with E-state index < -0.39 is 5.97 Å². The Kier molecular flexibility index (Phi) is 5.55. The molecule has 0 aliphatic carbocycles. The maximum Gasteiger partial charge on any atom is 0.303 e. The van der Waals surface area contributed by atoms with Gasteiger partial charge in [0.2, 0.25) is 0 Å². The van der Waals surface area contributed by atoms with Crippen LogP contribution >= 0.6 is 0 Å². The summed E-state index contributed by atoms with van der Waals surface area (Å²) >= 11 is 0. The van der Waals surface area contributed by atoms with E-state index in [9.17, 15) is 4.79 Å². The second-order valence-electron chi connectivity index (χ2n) is 6.00. The second kappa shape index (κ2) is 6.71. The molecule has 0 saturated heterocycles. The average molecular weight is 263 g/mol. The van der Waals surface area contributed by atoms with Crippen molar-refractivity contribution < 1.29 is 9.90 Å². The van der Waals surface area contributed by atoms with Crippen molar-refractivity contribution in [2.75, 3.05) is 7.05 Å². The van der Waals surface area contributed by atoms with Crippen LogP contribution in [0.3, 0.4) is 0 Å². The summed E-state index contributed by atoms with van der Waals surface area (Å²) in [6.07, 6.45) is 1.78. The molecule has 0 aliphatic heterocycles. The highest BCUT2D eigenvalue weighted by Crippen LogP contribution is 2.25. The molecule has 1 rings (SSSR count). The van der Waals surface area contributed by atoms with E-state index in [1.54, 1.807) is 0 Å². The third-order valence-electron chi connectivity index (χ3n) is 3.41. The van der Waals surface area contributed by atoms with Crippen molar-refractivity contribution in [1.29, 1.82) is 0 Å². The first-order chi connectivity index (χ1) is 8.84. The lowest BCUT2D eigenvalue weighted by Gasteiger charge is -2.21. The van der Waals surface area contributed by atoms with Gasteiger partial charge in [0.1, 0.15) is 0 Å². The number of rotatable bonds is 6. The Bertz CT molecular complexity index is 404. The predicted molar refractivity (Wildman–Crippen MR) is 78.4 cm³/mol. The van der Waals surface area contributed by atoms with Gasteiger partial charge in [-0.1, -0.05) is 45.0 Å². The molecular weight excluding hydrogens is 238 g/mol. The summed E-state index contributed by atoms with van der Waals surface area (Å²) < 4.78 is 0. The normalized spacial score (nSPS) is 13.3. The Balaban J connectivity index is 2.68. The molecule has 0 aliphatic rings. The van der Waals surface area contributed by atoms with E-state index in [2.05, 4.69) is 50.4 Å². The van der Waals surface area contributed by atoms with Crippen LogP contribution in [0, 0.1) is 0 Å². The minimum atomic E-state index is -0.724. The van der Waals surface area contributed by atoms with Crippen molar-refractivity contribution in [2.24, 2.45) is 0 Å². The fraction of sp³-hybridized carbons (Fsp3) is 0.562. The zero-order chi connectivity index (χ0) is 14.5. The highest BCUT2D eigenvalue weighted by atomic mass is 16.4. The Morgan fingerprint density at radius 3 is 2.26 bits per heavy atom. The quantitative estimate of drug-likeness (QED) is 0.826. The van der Waals surface area contributed by atoms with Gasteiger partial charge in [-0.2, -0.15) is 0 Å². The first-order valence-electron chi connectivity index (χ1n) is 6.84. The summed E-state index contributed by atoms with van der Waals surface area (Å²) in [6, 6.07) is 8.84. The molecule has 0 heterocycles. The Morgan fingerprint density at radius 1 is 1.26 bits per heavy atom. The third kappa shape index (κ3) is 5.03. The van der Waals surface area contributed by atoms with E-state index in [1.165, 1.54) is 11.1 Å². The van der Waals surface area contributed by atoms with Gasteiger partial charge in [-0.25, -0.2) is 0 Å². The van der Waals surface area contributed by atoms with Gasteiger partial charge in [-0.3, -0.25) is 4.79 Å². The van der Waals surface area contributed by atoms with Gasteiger partial charge in [0.25, 0.3) is 0 Å². The third-order valence-corrected chi connectivity index (χ3v) is 3.41. The van der Waals surface area contributed by atoms with Crippen LogP contribution in [-0.4, -0.2) is 18.1 Å². The Hall–Kier alpha value is -1.35. The van der Waals surface area contributed by atoms with Crippen molar-refractivity contribution >= 4 is 5.97 Å². The highest BCUT2D eigenvalue weighted by molar-refractivity contribution is 5.66. The second-order valence-corrected chi connectivity index (χ2v) is 6.00. The molecule has 0 radical (unpaired) electrons. The van der Waals surface area contributed by atoms with Gasteiger partial charge < -0.3 is 10.4 Å². The van der Waals surface area contributed by atoms with Crippen molar-refractivity contribution in [3.05, 3.63) is 35.4 Å². The van der Waals surface area contributed by atoms with E-state index in [1.807, 2.05) is 7.05 Å². The molecule has 1 aromatic carbocycles. The minimum Gasteiger partial charge on any atom is -0.481 e. The predicted octanol–water partition coefficient (Wildman–Crippen LogP) is 3.50. The fourth-order valence-corrected chi connectivity index (χ4v) is 2.15. The standard InChI is InChI=1S/C16H25NO2/c1-16(2,3)13-10-8-12(9-11-13)14(17-4)6-5-7-15(18)19/h8-11,14,17H,5-7H2,1-4H3,(H,18,19). The highest BCUT2D eigenvalue weighted by Gasteiger charge is 2.15. The summed E-state index contributed by atoms with van der Waals surface area (Å²) in [5.74, 6) is -0.724. The number of hydrogen-bond donors (Lipinski definition) is 2. The lowest BCUT2D eigenvalue weighted by Crippen LogP contribution is -2.17. The maximum absolute atomic E-state index is 10.5. The molecule has 0 aromatic heterocycles. The average Bonchev–Trinajstić information content (AvgIpc) is 2.33. The molecule has 0 fully saturated rings. The molecular formula is C16H25NO2. The fourth-order valence-electron chi connectivity index (χ4n) is 2.15. The first kappa shape index (κ1) is 15.7. The maximum atomic E-state index is 10.5. The largest absolute Gasteiger partial charge is 0.481 e. The first-order valence-corrected chi connectivity index (χ1v) is 6.84. The van der Waals surface area contributed by atoms with Crippen molar-refractivity contribution in [1.82, 2.24) is 5.32 Å². The number of benzene rings is 1. The molecule has 3 nitrogen and oxygen atoms in total. The zero-order valence-electron chi connectivity index (χ0n) is 12.4. The van der Waals surface area contributed by atoms with Crippen molar-refractivity contribution in [3.63, 3.8) is 0 Å². The van der Waals surface area contributed by atoms with Crippen LogP contribution in [0.15, 0.2) is 24.3 Å². The molecule has 1 unspecified atom stereocenters. The topological polar surface area (TPSA) is 49.3 Å². The van der Waals surface area contributed by atoms with Crippen LogP contribution in [-0.2, 0) is 10.2 Å². The van der Waals surface area contributed by atoms with Gasteiger partial charge in [0.15, 0.2) is 0 Å². The lowest BCUT2D eigenvalue weighted by atomic mass is 9.86. The van der Waals surface area contributed by atoms with E-state index in [0.717, 1.165) is 6.42 Å². The molecule has 1 atom stereocenters. The minimum absolute atomic E-state index is 0.164. The van der Waals surface area contributed by atoms with Crippen LogP contribution < -0.4 is 5.32 Å². The number of carboxylic acid groups (broad SMARTS) is 1. The molecule has 0 amide bonds. The Labute approximate surface area is 116 Å². The van der Waals surface area contributed by atoms with Crippen molar-refractivity contribution in [2.45, 2.75) is 51.5 Å². The van der Waals surface area contributed by atoms with Crippen LogP contribution in [0.1, 0.15) is 57.2 Å². The molecule has 0 spiro atoms. The van der Waals surface area contributed by atoms with E-state index in [0.29, 0.717) is 6.42 Å². The van der Waals surface area contributed by atoms with Gasteiger partial charge in [0, 0.05) is 12.5 Å². The smallest absolute Gasteiger partial charge is 0.303 e. The van der Waals surface area contributed by atoms with Gasteiger partial charge >= 0.3 is 5.97 Å². The number of nitrogens with one attached hydrogen (secondary N) is 1. The Morgan fingerprint density at radius 2 is 1.84 bits per heavy atom. The summed E-state index contributed by atoms with van der Waals surface area (Å²) in [5.41, 5.74) is 2.70. The number of aliphatic carboxylic acids is 1. The van der Waals surface area contributed by atoms with Crippen LogP contribution in [0.4, 0.5) is 0 Å². The van der Waals surface area contributed by atoms with Gasteiger partial charge in [0.05, 0.1) is 0 Å². The number of carboxylic acids is 1. The molecule has 2 N–H and O–H groups in total. The van der Waals surface area contributed by atoms with E-state index in [4.69, 9.17) is 5.11 Å². The molecule has 19 heavy (non-hydrogen) atoms. The molecule has 0 saturated carbocycles. The summed E-state index contributed by atoms with van der Waals surface area (Å²) in [7, 11) is 1.92. The van der Waals surface area contributed by atoms with Gasteiger partial charge in [-0.15, -0.1) is 0 Å². The monoisotopic (exact) mass is 263 g/mol. The number of carbonyl (C=O) groups is 1. The summed E-state index contributed by atoms with van der Waals surface area (Å²) in [6.45, 7) is 6.60. The summed E-state index contributed by atoms with van der Waals surface area (Å²) in [4.78, 5) is 10.5. The molecule has 106 valence electrons. The molecule has 1 aromatic rings. The number of hydrogen-bond acceptors (Lipinski definition) is 2. The van der Waals surface area contributed by atoms with E-state index >= 15 is 0 Å². The van der Waals surface area contributed by atoms with Crippen LogP contribution in [0.2, 0.25) is 0 Å². The molecule has 3 heteroatoms. The van der Waals surface area contributed by atoms with Crippen molar-refractivity contribution in [3.8, 4) is 0 Å². The SMILES string of the molecule is CNC(CCCC(=O)O)c1ccc(C(C)(C)C)cc1. The summed E-state index contributed by atoms with van der Waals surface area (Å²) in [5, 5.41) is 11.9. The van der Waals surface area contributed by atoms with Crippen LogP contribution in [0.25, 0.3) is 0 Å². The van der Waals surface area contributed by atoms with E-state index in [-0.39, 0.29) is 17.9 Å². The lowest BCUT2D eigenvalue weighted by molar-refractivity contribution is -0.137. The van der Waals surface area contributed by atoms with Gasteiger partial charge in [-0.05, 0) is 36.4 Å². The molecule has 0 bridgehead atoms. The zero-order valence-corrected chi connectivity index (χ0v) is 12.4. The van der Waals surface area contributed by atoms with Crippen LogP contribution in [0.5, 0.6) is 0 Å².